The van der Waals surface area contributed by atoms with Crippen LogP contribution < -0.4 is 5.73 Å². The monoisotopic (exact) mass is 244 g/mol. The largest absolute Gasteiger partial charge is 0.383 e. The molecule has 0 bridgehead atoms. The average Bonchev–Trinajstić information content (AvgIpc) is 2.64. The third-order valence-corrected chi connectivity index (χ3v) is 3.04. The van der Waals surface area contributed by atoms with E-state index in [1.807, 2.05) is 25.2 Å². The van der Waals surface area contributed by atoms with E-state index in [2.05, 4.69) is 23.9 Å². The molecular weight excluding hydrogens is 224 g/mol. The number of nitrogen functional groups attached to an aromatic ring is 1. The van der Waals surface area contributed by atoms with Crippen molar-refractivity contribution in [3.05, 3.63) is 30.1 Å². The van der Waals surface area contributed by atoms with Crippen LogP contribution in [0.3, 0.4) is 0 Å². The second kappa shape index (κ2) is 5.21. The first-order valence-electron chi connectivity index (χ1n) is 6.32. The lowest BCUT2D eigenvalue weighted by Gasteiger charge is -2.05. The summed E-state index contributed by atoms with van der Waals surface area (Å²) in [6.07, 6.45) is 3.83. The lowest BCUT2D eigenvalue weighted by atomic mass is 10.0. The summed E-state index contributed by atoms with van der Waals surface area (Å²) in [7, 11) is 1.88. The third kappa shape index (κ3) is 2.53. The van der Waals surface area contributed by atoms with E-state index in [0.29, 0.717) is 11.7 Å². The quantitative estimate of drug-likeness (QED) is 0.899. The number of aromatic nitrogens is 3. The Hall–Kier alpha value is -1.84. The summed E-state index contributed by atoms with van der Waals surface area (Å²) < 4.78 is 1.74. The molecule has 0 fully saturated rings. The van der Waals surface area contributed by atoms with Gasteiger partial charge in [0.1, 0.15) is 5.82 Å². The molecule has 18 heavy (non-hydrogen) atoms. The summed E-state index contributed by atoms with van der Waals surface area (Å²) >= 11 is 0. The van der Waals surface area contributed by atoms with Crippen LogP contribution in [0.5, 0.6) is 0 Å². The number of nitrogens with zero attached hydrogens (tertiary/aromatic N) is 3. The van der Waals surface area contributed by atoms with Gasteiger partial charge in [-0.25, -0.2) is 0 Å². The fourth-order valence-electron chi connectivity index (χ4n) is 1.98. The van der Waals surface area contributed by atoms with Crippen LogP contribution in [0.25, 0.3) is 11.3 Å². The van der Waals surface area contributed by atoms with E-state index >= 15 is 0 Å². The molecule has 96 valence electrons. The molecule has 0 aliphatic rings. The Balaban J connectivity index is 2.39. The van der Waals surface area contributed by atoms with E-state index in [1.54, 1.807) is 10.9 Å². The van der Waals surface area contributed by atoms with Gasteiger partial charge in [-0.3, -0.25) is 9.67 Å². The van der Waals surface area contributed by atoms with Crippen molar-refractivity contribution in [2.45, 2.75) is 26.7 Å². The van der Waals surface area contributed by atoms with E-state index < -0.39 is 0 Å². The lowest BCUT2D eigenvalue weighted by molar-refractivity contribution is 0.577. The zero-order valence-corrected chi connectivity index (χ0v) is 11.2. The van der Waals surface area contributed by atoms with Gasteiger partial charge in [-0.2, -0.15) is 5.10 Å². The summed E-state index contributed by atoms with van der Waals surface area (Å²) in [5.41, 5.74) is 9.04. The molecule has 0 aliphatic carbocycles. The van der Waals surface area contributed by atoms with Crippen molar-refractivity contribution in [2.75, 3.05) is 5.73 Å². The molecule has 2 N–H and O–H groups in total. The number of anilines is 1. The van der Waals surface area contributed by atoms with Gasteiger partial charge in [0.15, 0.2) is 0 Å². The summed E-state index contributed by atoms with van der Waals surface area (Å²) in [5, 5.41) is 4.51. The molecule has 0 radical (unpaired) electrons. The predicted octanol–water partition coefficient (Wildman–Crippen LogP) is 2.65. The molecule has 0 atom stereocenters. The van der Waals surface area contributed by atoms with E-state index in [9.17, 15) is 0 Å². The van der Waals surface area contributed by atoms with Crippen molar-refractivity contribution in [1.29, 1.82) is 0 Å². The zero-order chi connectivity index (χ0) is 13.1. The van der Waals surface area contributed by atoms with E-state index in [0.717, 1.165) is 29.8 Å². The summed E-state index contributed by atoms with van der Waals surface area (Å²) in [6.45, 7) is 4.43. The molecule has 4 heteroatoms. The Morgan fingerprint density at radius 1 is 1.33 bits per heavy atom. The standard InChI is InChI=1S/C14H20N4/c1-10(2)7-8-12-13(14(15)18(3)17-12)11-6-4-5-9-16-11/h4-6,9-10H,7-8,15H2,1-3H3. The number of pyridine rings is 1. The first-order valence-corrected chi connectivity index (χ1v) is 6.32. The van der Waals surface area contributed by atoms with Crippen LogP contribution in [0.2, 0.25) is 0 Å². The first kappa shape index (κ1) is 12.6. The summed E-state index contributed by atoms with van der Waals surface area (Å²) in [6, 6.07) is 5.86. The number of hydrogen-bond acceptors (Lipinski definition) is 3. The molecule has 0 aliphatic heterocycles. The van der Waals surface area contributed by atoms with Gasteiger partial charge >= 0.3 is 0 Å². The van der Waals surface area contributed by atoms with Gasteiger partial charge in [0.2, 0.25) is 0 Å². The van der Waals surface area contributed by atoms with Gasteiger partial charge in [0.05, 0.1) is 17.0 Å². The minimum atomic E-state index is 0.657. The maximum Gasteiger partial charge on any atom is 0.131 e. The Morgan fingerprint density at radius 3 is 2.72 bits per heavy atom. The second-order valence-electron chi connectivity index (χ2n) is 4.98. The minimum absolute atomic E-state index is 0.657. The van der Waals surface area contributed by atoms with E-state index in [1.165, 1.54) is 0 Å². The lowest BCUT2D eigenvalue weighted by Crippen LogP contribution is -1.98. The second-order valence-corrected chi connectivity index (χ2v) is 4.98. The van der Waals surface area contributed by atoms with Gasteiger partial charge in [-0.15, -0.1) is 0 Å². The Morgan fingerprint density at radius 2 is 2.11 bits per heavy atom. The summed E-state index contributed by atoms with van der Waals surface area (Å²) in [4.78, 5) is 4.38. The van der Waals surface area contributed by atoms with Crippen LogP contribution in [0.1, 0.15) is 26.0 Å². The van der Waals surface area contributed by atoms with Crippen LogP contribution in [0.15, 0.2) is 24.4 Å². The number of nitrogens with two attached hydrogens (primary N) is 1. The van der Waals surface area contributed by atoms with Gasteiger partial charge in [-0.05, 0) is 30.9 Å². The molecule has 0 saturated heterocycles. The van der Waals surface area contributed by atoms with Crippen molar-refractivity contribution in [1.82, 2.24) is 14.8 Å². The van der Waals surface area contributed by atoms with Crippen LogP contribution in [-0.4, -0.2) is 14.8 Å². The van der Waals surface area contributed by atoms with Crippen molar-refractivity contribution in [2.24, 2.45) is 13.0 Å². The molecule has 2 rings (SSSR count). The minimum Gasteiger partial charge on any atom is -0.383 e. The summed E-state index contributed by atoms with van der Waals surface area (Å²) in [5.74, 6) is 1.34. The van der Waals surface area contributed by atoms with Crippen LogP contribution in [0, 0.1) is 5.92 Å². The highest BCUT2D eigenvalue weighted by atomic mass is 15.3. The molecule has 0 saturated carbocycles. The highest BCUT2D eigenvalue weighted by Gasteiger charge is 2.16. The molecule has 0 amide bonds. The SMILES string of the molecule is CC(C)CCc1nn(C)c(N)c1-c1ccccn1. The van der Waals surface area contributed by atoms with Crippen molar-refractivity contribution < 1.29 is 0 Å². The van der Waals surface area contributed by atoms with Gasteiger partial charge in [-0.1, -0.05) is 19.9 Å². The van der Waals surface area contributed by atoms with Crippen LogP contribution >= 0.6 is 0 Å². The molecule has 0 unspecified atom stereocenters. The normalized spacial score (nSPS) is 11.1. The maximum absolute atomic E-state index is 6.10. The highest BCUT2D eigenvalue weighted by Crippen LogP contribution is 2.28. The van der Waals surface area contributed by atoms with E-state index in [4.69, 9.17) is 5.73 Å². The Labute approximate surface area is 108 Å². The van der Waals surface area contributed by atoms with Crippen molar-refractivity contribution in [3.8, 4) is 11.3 Å². The van der Waals surface area contributed by atoms with Crippen LogP contribution in [0.4, 0.5) is 5.82 Å². The molecule has 0 spiro atoms. The first-order chi connectivity index (χ1) is 8.59. The van der Waals surface area contributed by atoms with Crippen molar-refractivity contribution in [3.63, 3.8) is 0 Å². The molecule has 2 heterocycles. The Bertz CT molecular complexity index is 514. The highest BCUT2D eigenvalue weighted by molar-refractivity contribution is 5.73. The number of aryl methyl sites for hydroxylation is 2. The number of hydrogen-bond donors (Lipinski definition) is 1. The number of rotatable bonds is 4. The van der Waals surface area contributed by atoms with Crippen LogP contribution in [-0.2, 0) is 13.5 Å². The fraction of sp³-hybridized carbons (Fsp3) is 0.429. The zero-order valence-electron chi connectivity index (χ0n) is 11.2. The van der Waals surface area contributed by atoms with Gasteiger partial charge in [0.25, 0.3) is 0 Å². The van der Waals surface area contributed by atoms with Gasteiger partial charge in [0, 0.05) is 13.2 Å². The average molecular weight is 244 g/mol. The predicted molar refractivity (Wildman–Crippen MR) is 74.0 cm³/mol. The van der Waals surface area contributed by atoms with Crippen molar-refractivity contribution >= 4 is 5.82 Å². The molecule has 2 aromatic rings. The fourth-order valence-corrected chi connectivity index (χ4v) is 1.98. The van der Waals surface area contributed by atoms with E-state index in [-0.39, 0.29) is 0 Å². The molecule has 0 aromatic carbocycles. The topological polar surface area (TPSA) is 56.7 Å². The molecule has 2 aromatic heterocycles. The molecular formula is C14H20N4. The Kier molecular flexibility index (Phi) is 3.65. The van der Waals surface area contributed by atoms with Gasteiger partial charge < -0.3 is 5.73 Å². The maximum atomic E-state index is 6.10. The molecule has 4 nitrogen and oxygen atoms in total. The third-order valence-electron chi connectivity index (χ3n) is 3.04. The smallest absolute Gasteiger partial charge is 0.131 e.